The van der Waals surface area contributed by atoms with Gasteiger partial charge in [0.1, 0.15) is 5.71 Å². The fourth-order valence-electron chi connectivity index (χ4n) is 2.33. The summed E-state index contributed by atoms with van der Waals surface area (Å²) in [6.07, 6.45) is 1.77. The van der Waals surface area contributed by atoms with Gasteiger partial charge in [0.15, 0.2) is 5.66 Å². The average molecular weight is 309 g/mol. The van der Waals surface area contributed by atoms with Crippen molar-refractivity contribution in [1.82, 2.24) is 5.32 Å². The van der Waals surface area contributed by atoms with Crippen molar-refractivity contribution in [1.29, 1.82) is 0 Å². The highest BCUT2D eigenvalue weighted by Crippen LogP contribution is 2.26. The molecule has 1 aromatic rings. The van der Waals surface area contributed by atoms with Crippen molar-refractivity contribution in [3.05, 3.63) is 34.3 Å². The van der Waals surface area contributed by atoms with Crippen LogP contribution < -0.4 is 5.32 Å². The molecule has 0 aliphatic carbocycles. The smallest absolute Gasteiger partial charge is 0.272 e. The minimum Gasteiger partial charge on any atom is -0.377 e. The van der Waals surface area contributed by atoms with Gasteiger partial charge in [0, 0.05) is 16.6 Å². The minimum atomic E-state index is -0.530. The molecular formula is C13H13BrN2O2. The van der Waals surface area contributed by atoms with Crippen LogP contribution in [0.2, 0.25) is 0 Å². The van der Waals surface area contributed by atoms with Crippen LogP contribution in [0.3, 0.4) is 0 Å². The summed E-state index contributed by atoms with van der Waals surface area (Å²) < 4.78 is 6.42. The van der Waals surface area contributed by atoms with Gasteiger partial charge < -0.3 is 10.1 Å². The number of amides is 1. The van der Waals surface area contributed by atoms with Gasteiger partial charge >= 0.3 is 0 Å². The molecule has 2 aliphatic heterocycles. The first-order valence-corrected chi connectivity index (χ1v) is 6.74. The lowest BCUT2D eigenvalue weighted by Gasteiger charge is -2.30. The van der Waals surface area contributed by atoms with Crippen molar-refractivity contribution in [3.8, 4) is 0 Å². The number of hydrogen-bond donors (Lipinski definition) is 1. The maximum absolute atomic E-state index is 12.0. The molecule has 0 saturated carbocycles. The standard InChI is InChI=1S/C13H13BrN2O2/c14-10-4-2-9(3-5-10)11-12(17)16-13(15-11)6-1-7-18-8-13/h2-5H,1,6-8H2,(H,16,17). The summed E-state index contributed by atoms with van der Waals surface area (Å²) >= 11 is 3.38. The number of halogens is 1. The molecule has 94 valence electrons. The third-order valence-electron chi connectivity index (χ3n) is 3.22. The number of hydrogen-bond acceptors (Lipinski definition) is 3. The Kier molecular flexibility index (Phi) is 2.95. The Bertz CT molecular complexity index is 504. The highest BCUT2D eigenvalue weighted by atomic mass is 79.9. The van der Waals surface area contributed by atoms with Crippen LogP contribution >= 0.6 is 15.9 Å². The molecule has 2 heterocycles. The van der Waals surface area contributed by atoms with Crippen LogP contribution in [0.5, 0.6) is 0 Å². The predicted octanol–water partition coefficient (Wildman–Crippen LogP) is 1.87. The molecule has 0 aromatic heterocycles. The zero-order valence-electron chi connectivity index (χ0n) is 9.78. The Morgan fingerprint density at radius 3 is 2.78 bits per heavy atom. The number of carbonyl (C=O) groups excluding carboxylic acids is 1. The van der Waals surface area contributed by atoms with Crippen LogP contribution in [0.1, 0.15) is 18.4 Å². The Morgan fingerprint density at radius 1 is 1.33 bits per heavy atom. The molecule has 1 N–H and O–H groups in total. The van der Waals surface area contributed by atoms with Crippen LogP contribution in [-0.2, 0) is 9.53 Å². The van der Waals surface area contributed by atoms with Gasteiger partial charge in [-0.3, -0.25) is 4.79 Å². The van der Waals surface area contributed by atoms with E-state index in [1.165, 1.54) is 0 Å². The van der Waals surface area contributed by atoms with Crippen LogP contribution in [-0.4, -0.2) is 30.5 Å². The highest BCUT2D eigenvalue weighted by molar-refractivity contribution is 9.10. The van der Waals surface area contributed by atoms with Crippen molar-refractivity contribution in [2.24, 2.45) is 4.99 Å². The van der Waals surface area contributed by atoms with E-state index in [4.69, 9.17) is 4.74 Å². The summed E-state index contributed by atoms with van der Waals surface area (Å²) in [5.74, 6) is -0.108. The van der Waals surface area contributed by atoms with Gasteiger partial charge in [-0.05, 0) is 25.0 Å². The van der Waals surface area contributed by atoms with Gasteiger partial charge in [-0.1, -0.05) is 28.1 Å². The molecular weight excluding hydrogens is 296 g/mol. The summed E-state index contributed by atoms with van der Waals surface area (Å²) in [7, 11) is 0. The fourth-order valence-corrected chi connectivity index (χ4v) is 2.60. The molecule has 0 radical (unpaired) electrons. The van der Waals surface area contributed by atoms with Gasteiger partial charge in [0.2, 0.25) is 0 Å². The van der Waals surface area contributed by atoms with E-state index in [9.17, 15) is 4.79 Å². The molecule has 1 spiro atoms. The quantitative estimate of drug-likeness (QED) is 0.861. The molecule has 18 heavy (non-hydrogen) atoms. The van der Waals surface area contributed by atoms with Crippen molar-refractivity contribution in [2.45, 2.75) is 18.5 Å². The largest absolute Gasteiger partial charge is 0.377 e. The van der Waals surface area contributed by atoms with Gasteiger partial charge in [0.25, 0.3) is 5.91 Å². The zero-order chi connectivity index (χ0) is 12.6. The monoisotopic (exact) mass is 308 g/mol. The van der Waals surface area contributed by atoms with Crippen molar-refractivity contribution in [2.75, 3.05) is 13.2 Å². The third-order valence-corrected chi connectivity index (χ3v) is 3.75. The molecule has 0 bridgehead atoms. The summed E-state index contributed by atoms with van der Waals surface area (Å²) in [4.78, 5) is 16.6. The Morgan fingerprint density at radius 2 is 2.11 bits per heavy atom. The third kappa shape index (κ3) is 2.08. The van der Waals surface area contributed by atoms with Crippen LogP contribution in [0.25, 0.3) is 0 Å². The number of benzene rings is 1. The highest BCUT2D eigenvalue weighted by Gasteiger charge is 2.41. The molecule has 5 heteroatoms. The average Bonchev–Trinajstić information content (AvgIpc) is 2.68. The van der Waals surface area contributed by atoms with E-state index in [1.807, 2.05) is 24.3 Å². The number of ether oxygens (including phenoxy) is 1. The van der Waals surface area contributed by atoms with E-state index in [-0.39, 0.29) is 5.91 Å². The minimum absolute atomic E-state index is 0.108. The predicted molar refractivity (Wildman–Crippen MR) is 71.6 cm³/mol. The number of nitrogens with zero attached hydrogens (tertiary/aromatic N) is 1. The Balaban J connectivity index is 1.93. The summed E-state index contributed by atoms with van der Waals surface area (Å²) in [5.41, 5.74) is 0.823. The van der Waals surface area contributed by atoms with Gasteiger partial charge in [-0.2, -0.15) is 0 Å². The lowest BCUT2D eigenvalue weighted by molar-refractivity contribution is -0.116. The molecule has 1 aromatic carbocycles. The Labute approximate surface area is 114 Å². The first-order chi connectivity index (χ1) is 8.69. The Hall–Kier alpha value is -1.20. The van der Waals surface area contributed by atoms with Gasteiger partial charge in [-0.25, -0.2) is 4.99 Å². The molecule has 1 atom stereocenters. The second-order valence-electron chi connectivity index (χ2n) is 4.61. The normalized spacial score (nSPS) is 27.2. The maximum atomic E-state index is 12.0. The SMILES string of the molecule is O=C1NC2(CCCOC2)N=C1c1ccc(Br)cc1. The second-order valence-corrected chi connectivity index (χ2v) is 5.52. The molecule has 1 amide bonds. The van der Waals surface area contributed by atoms with Crippen LogP contribution in [0.15, 0.2) is 33.7 Å². The van der Waals surface area contributed by atoms with Gasteiger partial charge in [0.05, 0.1) is 6.61 Å². The molecule has 1 saturated heterocycles. The number of rotatable bonds is 1. The maximum Gasteiger partial charge on any atom is 0.272 e. The number of carbonyl (C=O) groups is 1. The number of aliphatic imine (C=N–C) groups is 1. The summed E-state index contributed by atoms with van der Waals surface area (Å²) in [6.45, 7) is 1.22. The van der Waals surface area contributed by atoms with Crippen molar-refractivity contribution < 1.29 is 9.53 Å². The molecule has 3 rings (SSSR count). The molecule has 1 fully saturated rings. The van der Waals surface area contributed by atoms with Gasteiger partial charge in [-0.15, -0.1) is 0 Å². The molecule has 4 nitrogen and oxygen atoms in total. The fraction of sp³-hybridized carbons (Fsp3) is 0.385. The van der Waals surface area contributed by atoms with Crippen LogP contribution in [0.4, 0.5) is 0 Å². The van der Waals surface area contributed by atoms with E-state index in [0.717, 1.165) is 29.5 Å². The van der Waals surface area contributed by atoms with E-state index in [1.54, 1.807) is 0 Å². The summed E-state index contributed by atoms with van der Waals surface area (Å²) in [6, 6.07) is 7.61. The summed E-state index contributed by atoms with van der Waals surface area (Å²) in [5, 5.41) is 2.95. The number of nitrogens with one attached hydrogen (secondary N) is 1. The van der Waals surface area contributed by atoms with Crippen molar-refractivity contribution in [3.63, 3.8) is 0 Å². The van der Waals surface area contributed by atoms with Crippen LogP contribution in [0, 0.1) is 0 Å². The first-order valence-electron chi connectivity index (χ1n) is 5.95. The molecule has 1 unspecified atom stereocenters. The van der Waals surface area contributed by atoms with E-state index in [0.29, 0.717) is 12.3 Å². The molecule has 2 aliphatic rings. The second kappa shape index (κ2) is 4.48. The van der Waals surface area contributed by atoms with E-state index < -0.39 is 5.66 Å². The lowest BCUT2D eigenvalue weighted by atomic mass is 10.0. The first kappa shape index (κ1) is 11.9. The van der Waals surface area contributed by atoms with Crippen molar-refractivity contribution >= 4 is 27.5 Å². The topological polar surface area (TPSA) is 50.7 Å². The van der Waals surface area contributed by atoms with E-state index >= 15 is 0 Å². The van der Waals surface area contributed by atoms with E-state index in [2.05, 4.69) is 26.2 Å². The lowest BCUT2D eigenvalue weighted by Crippen LogP contribution is -2.48. The zero-order valence-corrected chi connectivity index (χ0v) is 11.4.